The summed E-state index contributed by atoms with van der Waals surface area (Å²) in [6.45, 7) is 0. The summed E-state index contributed by atoms with van der Waals surface area (Å²) in [6.07, 6.45) is 3.07. The molecule has 1 heterocycles. The van der Waals surface area contributed by atoms with Crippen LogP contribution in [0, 0.1) is 0 Å². The standard InChI is InChI=1S/C13H15N3O2S2/c14-11-3-1-5-13(9-11)19-7-8-20(17,18)16-12-4-2-6-15-10-12/h1-6,9-10,16H,7-8,14H2. The average molecular weight is 309 g/mol. The number of thioether (sulfide) groups is 1. The van der Waals surface area contributed by atoms with Gasteiger partial charge in [-0.3, -0.25) is 9.71 Å². The van der Waals surface area contributed by atoms with Crippen LogP contribution in [0.2, 0.25) is 0 Å². The van der Waals surface area contributed by atoms with Crippen molar-refractivity contribution in [3.63, 3.8) is 0 Å². The summed E-state index contributed by atoms with van der Waals surface area (Å²) < 4.78 is 26.2. The Bertz CT molecular complexity index is 660. The first-order valence-corrected chi connectivity index (χ1v) is 8.58. The lowest BCUT2D eigenvalue weighted by Crippen LogP contribution is -2.18. The van der Waals surface area contributed by atoms with Crippen molar-refractivity contribution in [1.29, 1.82) is 0 Å². The highest BCUT2D eigenvalue weighted by molar-refractivity contribution is 8.01. The third-order valence-corrected chi connectivity index (χ3v) is 4.96. The number of nitrogens with one attached hydrogen (secondary N) is 1. The summed E-state index contributed by atoms with van der Waals surface area (Å²) >= 11 is 1.46. The fraction of sp³-hybridized carbons (Fsp3) is 0.154. The normalized spacial score (nSPS) is 11.2. The number of nitrogen functional groups attached to an aromatic ring is 1. The lowest BCUT2D eigenvalue weighted by Gasteiger charge is -2.07. The van der Waals surface area contributed by atoms with Crippen LogP contribution >= 0.6 is 11.8 Å². The number of aromatic nitrogens is 1. The Hall–Kier alpha value is -1.73. The number of hydrogen-bond acceptors (Lipinski definition) is 5. The van der Waals surface area contributed by atoms with Crippen LogP contribution in [0.3, 0.4) is 0 Å². The van der Waals surface area contributed by atoms with Crippen LogP contribution in [0.5, 0.6) is 0 Å². The van der Waals surface area contributed by atoms with Gasteiger partial charge in [-0.2, -0.15) is 0 Å². The van der Waals surface area contributed by atoms with Crippen molar-refractivity contribution in [1.82, 2.24) is 4.98 Å². The van der Waals surface area contributed by atoms with Crippen LogP contribution in [-0.4, -0.2) is 24.9 Å². The van der Waals surface area contributed by atoms with Crippen LogP contribution in [0.15, 0.2) is 53.7 Å². The van der Waals surface area contributed by atoms with E-state index in [2.05, 4.69) is 9.71 Å². The quantitative estimate of drug-likeness (QED) is 0.631. The van der Waals surface area contributed by atoms with Gasteiger partial charge in [0.15, 0.2) is 0 Å². The first-order valence-electron chi connectivity index (χ1n) is 5.94. The number of benzene rings is 1. The van der Waals surface area contributed by atoms with E-state index in [0.29, 0.717) is 17.1 Å². The van der Waals surface area contributed by atoms with Crippen molar-refractivity contribution in [3.8, 4) is 0 Å². The first kappa shape index (κ1) is 14.7. The lowest BCUT2D eigenvalue weighted by molar-refractivity contribution is 0.602. The minimum atomic E-state index is -3.36. The van der Waals surface area contributed by atoms with Crippen molar-refractivity contribution in [2.75, 3.05) is 22.0 Å². The van der Waals surface area contributed by atoms with Gasteiger partial charge in [0.05, 0.1) is 17.6 Å². The van der Waals surface area contributed by atoms with Gasteiger partial charge in [-0.05, 0) is 30.3 Å². The van der Waals surface area contributed by atoms with E-state index in [-0.39, 0.29) is 5.75 Å². The Morgan fingerprint density at radius 2 is 2.10 bits per heavy atom. The third-order valence-electron chi connectivity index (χ3n) is 2.41. The van der Waals surface area contributed by atoms with E-state index < -0.39 is 10.0 Å². The second-order valence-corrected chi connectivity index (χ2v) is 7.09. The topological polar surface area (TPSA) is 85.1 Å². The van der Waals surface area contributed by atoms with Crippen molar-refractivity contribution in [2.24, 2.45) is 0 Å². The van der Waals surface area contributed by atoms with Crippen LogP contribution in [0.4, 0.5) is 11.4 Å². The monoisotopic (exact) mass is 309 g/mol. The van der Waals surface area contributed by atoms with Gasteiger partial charge in [0.2, 0.25) is 10.0 Å². The summed E-state index contributed by atoms with van der Waals surface area (Å²) in [7, 11) is -3.36. The van der Waals surface area contributed by atoms with E-state index in [9.17, 15) is 8.42 Å². The first-order chi connectivity index (χ1) is 9.55. The van der Waals surface area contributed by atoms with Gasteiger partial charge in [-0.1, -0.05) is 6.07 Å². The Labute approximate surface area is 122 Å². The predicted octanol–water partition coefficient (Wildman–Crippen LogP) is 2.20. The molecule has 7 heteroatoms. The van der Waals surface area contributed by atoms with Gasteiger partial charge >= 0.3 is 0 Å². The summed E-state index contributed by atoms with van der Waals surface area (Å²) in [4.78, 5) is 4.82. The Balaban J connectivity index is 1.87. The maximum atomic E-state index is 11.9. The molecule has 1 aromatic heterocycles. The molecule has 0 aliphatic rings. The molecule has 2 aromatic rings. The second-order valence-electron chi connectivity index (χ2n) is 4.08. The number of nitrogens with two attached hydrogens (primary N) is 1. The molecule has 106 valence electrons. The molecule has 0 amide bonds. The van der Waals surface area contributed by atoms with Crippen molar-refractivity contribution < 1.29 is 8.42 Å². The highest BCUT2D eigenvalue weighted by Crippen LogP contribution is 2.20. The molecule has 0 saturated heterocycles. The number of sulfonamides is 1. The van der Waals surface area contributed by atoms with Crippen molar-refractivity contribution in [2.45, 2.75) is 4.90 Å². The summed E-state index contributed by atoms with van der Waals surface area (Å²) in [6, 6.07) is 10.7. The van der Waals surface area contributed by atoms with Crippen LogP contribution in [-0.2, 0) is 10.0 Å². The SMILES string of the molecule is Nc1cccc(SCCS(=O)(=O)Nc2cccnc2)c1. The molecule has 0 bridgehead atoms. The lowest BCUT2D eigenvalue weighted by atomic mass is 10.3. The van der Waals surface area contributed by atoms with Gasteiger partial charge in [0.25, 0.3) is 0 Å². The zero-order chi connectivity index (χ0) is 14.4. The van der Waals surface area contributed by atoms with Gasteiger partial charge in [0.1, 0.15) is 0 Å². The number of hydrogen-bond donors (Lipinski definition) is 2. The molecule has 5 nitrogen and oxygen atoms in total. The summed E-state index contributed by atoms with van der Waals surface area (Å²) in [5, 5.41) is 0. The molecule has 20 heavy (non-hydrogen) atoms. The van der Waals surface area contributed by atoms with Gasteiger partial charge in [0, 0.05) is 22.5 Å². The van der Waals surface area contributed by atoms with Crippen LogP contribution < -0.4 is 10.5 Å². The molecule has 0 spiro atoms. The molecule has 0 atom stereocenters. The van der Waals surface area contributed by atoms with E-state index in [1.165, 1.54) is 18.0 Å². The van der Waals surface area contributed by atoms with Crippen LogP contribution in [0.25, 0.3) is 0 Å². The van der Waals surface area contributed by atoms with E-state index in [1.807, 2.05) is 18.2 Å². The largest absolute Gasteiger partial charge is 0.399 e. The molecular weight excluding hydrogens is 294 g/mol. The van der Waals surface area contributed by atoms with Gasteiger partial charge in [-0.15, -0.1) is 11.8 Å². The van der Waals surface area contributed by atoms with Crippen molar-refractivity contribution >= 4 is 33.2 Å². The van der Waals surface area contributed by atoms with Crippen molar-refractivity contribution in [3.05, 3.63) is 48.8 Å². The highest BCUT2D eigenvalue weighted by atomic mass is 32.2. The molecule has 0 unspecified atom stereocenters. The van der Waals surface area contributed by atoms with Crippen LogP contribution in [0.1, 0.15) is 0 Å². The maximum absolute atomic E-state index is 11.9. The molecule has 0 aliphatic heterocycles. The Kier molecular flexibility index (Phi) is 4.86. The predicted molar refractivity (Wildman–Crippen MR) is 83.2 cm³/mol. The second kappa shape index (κ2) is 6.62. The third kappa shape index (κ3) is 4.75. The van der Waals surface area contributed by atoms with E-state index in [0.717, 1.165) is 4.90 Å². The molecule has 1 aromatic carbocycles. The molecule has 2 rings (SSSR count). The molecule has 0 radical (unpaired) electrons. The number of rotatable bonds is 6. The molecule has 3 N–H and O–H groups in total. The minimum Gasteiger partial charge on any atom is -0.399 e. The highest BCUT2D eigenvalue weighted by Gasteiger charge is 2.10. The zero-order valence-corrected chi connectivity index (χ0v) is 12.3. The molecule has 0 saturated carbocycles. The molecular formula is C13H15N3O2S2. The molecule has 0 aliphatic carbocycles. The Morgan fingerprint density at radius 3 is 2.80 bits per heavy atom. The maximum Gasteiger partial charge on any atom is 0.233 e. The minimum absolute atomic E-state index is 0.0291. The molecule has 0 fully saturated rings. The van der Waals surface area contributed by atoms with E-state index in [1.54, 1.807) is 24.4 Å². The Morgan fingerprint density at radius 1 is 1.25 bits per heavy atom. The van der Waals surface area contributed by atoms with Gasteiger partial charge < -0.3 is 5.73 Å². The van der Waals surface area contributed by atoms with E-state index >= 15 is 0 Å². The van der Waals surface area contributed by atoms with E-state index in [4.69, 9.17) is 5.73 Å². The summed E-state index contributed by atoms with van der Waals surface area (Å²) in [5.74, 6) is 0.487. The number of pyridine rings is 1. The van der Waals surface area contributed by atoms with Gasteiger partial charge in [-0.25, -0.2) is 8.42 Å². The average Bonchev–Trinajstić information content (AvgIpc) is 2.39. The summed E-state index contributed by atoms with van der Waals surface area (Å²) in [5.41, 5.74) is 6.81. The fourth-order valence-electron chi connectivity index (χ4n) is 1.53. The number of anilines is 2. The number of nitrogens with zero attached hydrogens (tertiary/aromatic N) is 1. The zero-order valence-electron chi connectivity index (χ0n) is 10.7. The fourth-order valence-corrected chi connectivity index (χ4v) is 3.95. The smallest absolute Gasteiger partial charge is 0.233 e.